The molecule has 2 aromatic rings. The number of carbonyl (C=O) groups excluding carboxylic acids is 1. The molecule has 4 nitrogen and oxygen atoms in total. The van der Waals surface area contributed by atoms with Crippen LogP contribution in [0.5, 0.6) is 11.5 Å². The molecule has 3 rings (SSSR count). The van der Waals surface area contributed by atoms with Crippen molar-refractivity contribution in [3.63, 3.8) is 0 Å². The summed E-state index contributed by atoms with van der Waals surface area (Å²) in [5.74, 6) is 1.68. The predicted molar refractivity (Wildman–Crippen MR) is 88.9 cm³/mol. The van der Waals surface area contributed by atoms with Crippen molar-refractivity contribution in [1.29, 1.82) is 0 Å². The zero-order valence-electron chi connectivity index (χ0n) is 13.2. The summed E-state index contributed by atoms with van der Waals surface area (Å²) in [6.45, 7) is 0.589. The van der Waals surface area contributed by atoms with Crippen LogP contribution >= 0.6 is 0 Å². The van der Waals surface area contributed by atoms with Crippen molar-refractivity contribution in [3.05, 3.63) is 59.7 Å². The topological polar surface area (TPSA) is 47.6 Å². The monoisotopic (exact) mass is 311 g/mol. The molecule has 2 aromatic carbocycles. The Morgan fingerprint density at radius 2 is 1.78 bits per heavy atom. The van der Waals surface area contributed by atoms with E-state index in [4.69, 9.17) is 9.47 Å². The third kappa shape index (κ3) is 4.03. The Balaban J connectivity index is 1.52. The first kappa shape index (κ1) is 15.4. The quantitative estimate of drug-likeness (QED) is 0.923. The van der Waals surface area contributed by atoms with Gasteiger partial charge >= 0.3 is 0 Å². The van der Waals surface area contributed by atoms with Gasteiger partial charge in [0.05, 0.1) is 6.42 Å². The summed E-state index contributed by atoms with van der Waals surface area (Å²) in [4.78, 5) is 11.4. The Morgan fingerprint density at radius 3 is 2.52 bits per heavy atom. The fraction of sp³-hybridized carbons (Fsp3) is 0.316. The molecule has 0 bridgehead atoms. The van der Waals surface area contributed by atoms with Gasteiger partial charge in [0.15, 0.2) is 11.5 Å². The van der Waals surface area contributed by atoms with Crippen molar-refractivity contribution in [2.24, 2.45) is 0 Å². The maximum Gasteiger partial charge on any atom is 0.224 e. The molecule has 0 saturated heterocycles. The lowest BCUT2D eigenvalue weighted by atomic mass is 10.0. The van der Waals surface area contributed by atoms with Crippen molar-refractivity contribution in [2.75, 3.05) is 13.7 Å². The number of ether oxygens (including phenoxy) is 2. The maximum atomic E-state index is 11.4. The van der Waals surface area contributed by atoms with E-state index in [0.717, 1.165) is 29.9 Å². The lowest BCUT2D eigenvalue weighted by Gasteiger charge is -2.26. The van der Waals surface area contributed by atoms with Crippen molar-refractivity contribution in [1.82, 2.24) is 5.32 Å². The highest BCUT2D eigenvalue weighted by molar-refractivity contribution is 5.78. The van der Waals surface area contributed by atoms with Crippen LogP contribution in [0.1, 0.15) is 17.5 Å². The van der Waals surface area contributed by atoms with Gasteiger partial charge in [-0.25, -0.2) is 0 Å². The molecule has 0 radical (unpaired) electrons. The van der Waals surface area contributed by atoms with E-state index in [1.807, 2.05) is 36.4 Å². The van der Waals surface area contributed by atoms with Gasteiger partial charge in [0.25, 0.3) is 0 Å². The lowest BCUT2D eigenvalue weighted by molar-refractivity contribution is -0.119. The van der Waals surface area contributed by atoms with Crippen LogP contribution in [0.25, 0.3) is 0 Å². The molecular weight excluding hydrogens is 290 g/mol. The van der Waals surface area contributed by atoms with Crippen molar-refractivity contribution in [2.45, 2.75) is 25.4 Å². The van der Waals surface area contributed by atoms with E-state index in [2.05, 4.69) is 17.4 Å². The fourth-order valence-electron chi connectivity index (χ4n) is 2.63. The molecule has 23 heavy (non-hydrogen) atoms. The number of para-hydroxylation sites is 2. The van der Waals surface area contributed by atoms with Crippen molar-refractivity contribution >= 4 is 5.91 Å². The summed E-state index contributed by atoms with van der Waals surface area (Å²) < 4.78 is 11.7. The van der Waals surface area contributed by atoms with Gasteiger partial charge in [-0.15, -0.1) is 0 Å². The molecule has 1 amide bonds. The van der Waals surface area contributed by atoms with Crippen LogP contribution in [0.2, 0.25) is 0 Å². The first-order valence-corrected chi connectivity index (χ1v) is 7.91. The molecule has 1 heterocycles. The van der Waals surface area contributed by atoms with E-state index in [1.165, 1.54) is 5.56 Å². The zero-order chi connectivity index (χ0) is 16.1. The predicted octanol–water partition coefficient (Wildman–Crippen LogP) is 2.75. The zero-order valence-corrected chi connectivity index (χ0v) is 13.2. The third-order valence-electron chi connectivity index (χ3n) is 3.99. The Hall–Kier alpha value is -2.49. The lowest BCUT2D eigenvalue weighted by Crippen LogP contribution is -2.29. The Morgan fingerprint density at radius 1 is 1.09 bits per heavy atom. The molecule has 1 N–H and O–H groups in total. The highest BCUT2D eigenvalue weighted by Gasteiger charge is 2.20. The second kappa shape index (κ2) is 7.18. The van der Waals surface area contributed by atoms with Gasteiger partial charge in [0, 0.05) is 7.05 Å². The molecular formula is C19H21NO3. The van der Waals surface area contributed by atoms with Crippen LogP contribution in [0.4, 0.5) is 0 Å². The molecule has 1 aliphatic rings. The molecule has 0 spiro atoms. The second-order valence-electron chi connectivity index (χ2n) is 5.70. The molecule has 0 fully saturated rings. The Labute approximate surface area is 136 Å². The Kier molecular flexibility index (Phi) is 4.81. The number of benzene rings is 2. The van der Waals surface area contributed by atoms with Gasteiger partial charge in [-0.1, -0.05) is 36.4 Å². The van der Waals surface area contributed by atoms with E-state index in [1.54, 1.807) is 7.05 Å². The van der Waals surface area contributed by atoms with Gasteiger partial charge in [0.2, 0.25) is 5.91 Å². The highest BCUT2D eigenvalue weighted by Crippen LogP contribution is 2.31. The number of nitrogens with one attached hydrogen (secondary N) is 1. The number of aryl methyl sites for hydroxylation is 1. The van der Waals surface area contributed by atoms with Crippen LogP contribution in [0, 0.1) is 0 Å². The summed E-state index contributed by atoms with van der Waals surface area (Å²) in [6, 6.07) is 16.0. The minimum atomic E-state index is 0.0316. The number of hydrogen-bond donors (Lipinski definition) is 1. The third-order valence-corrected chi connectivity index (χ3v) is 3.99. The number of likely N-dealkylation sites (N-methyl/N-ethyl adjacent to an activating group) is 1. The van der Waals surface area contributed by atoms with Gasteiger partial charge in [-0.05, 0) is 36.1 Å². The fourth-order valence-corrected chi connectivity index (χ4v) is 2.63. The standard InChI is InChI=1S/C19H21NO3/c1-20-19(21)12-15-8-6-14(7-9-15)10-11-16-13-22-17-4-2-3-5-18(17)23-16/h2-9,16H,10-13H2,1H3,(H,20,21)/t16-/m1/s1. The van der Waals surface area contributed by atoms with Crippen molar-refractivity contribution < 1.29 is 14.3 Å². The largest absolute Gasteiger partial charge is 0.486 e. The first-order chi connectivity index (χ1) is 11.2. The minimum Gasteiger partial charge on any atom is -0.486 e. The minimum absolute atomic E-state index is 0.0316. The molecule has 0 unspecified atom stereocenters. The van der Waals surface area contributed by atoms with Gasteiger partial charge in [-0.2, -0.15) is 0 Å². The van der Waals surface area contributed by atoms with Crippen LogP contribution < -0.4 is 14.8 Å². The van der Waals surface area contributed by atoms with Gasteiger partial charge in [0.1, 0.15) is 12.7 Å². The molecule has 120 valence electrons. The van der Waals surface area contributed by atoms with Crippen LogP contribution in [-0.2, 0) is 17.6 Å². The van der Waals surface area contributed by atoms with E-state index in [0.29, 0.717) is 13.0 Å². The van der Waals surface area contributed by atoms with Crippen LogP contribution in [0.15, 0.2) is 48.5 Å². The van der Waals surface area contributed by atoms with E-state index < -0.39 is 0 Å². The van der Waals surface area contributed by atoms with Crippen molar-refractivity contribution in [3.8, 4) is 11.5 Å². The Bertz CT molecular complexity index is 667. The smallest absolute Gasteiger partial charge is 0.224 e. The van der Waals surface area contributed by atoms with E-state index >= 15 is 0 Å². The summed E-state index contributed by atoms with van der Waals surface area (Å²) in [5.41, 5.74) is 2.27. The first-order valence-electron chi connectivity index (χ1n) is 7.91. The molecule has 0 aromatic heterocycles. The van der Waals surface area contributed by atoms with E-state index in [-0.39, 0.29) is 12.0 Å². The molecule has 1 atom stereocenters. The molecule has 0 saturated carbocycles. The van der Waals surface area contributed by atoms with E-state index in [9.17, 15) is 4.79 Å². The summed E-state index contributed by atoms with van der Waals surface area (Å²) in [5, 5.41) is 2.64. The normalized spacial score (nSPS) is 16.0. The van der Waals surface area contributed by atoms with Crippen LogP contribution in [0.3, 0.4) is 0 Å². The van der Waals surface area contributed by atoms with Gasteiger partial charge in [-0.3, -0.25) is 4.79 Å². The number of hydrogen-bond acceptors (Lipinski definition) is 3. The van der Waals surface area contributed by atoms with Gasteiger partial charge < -0.3 is 14.8 Å². The average molecular weight is 311 g/mol. The number of fused-ring (bicyclic) bond motifs is 1. The van der Waals surface area contributed by atoms with Crippen LogP contribution in [-0.4, -0.2) is 25.7 Å². The SMILES string of the molecule is CNC(=O)Cc1ccc(CC[C@@H]2COc3ccccc3O2)cc1. The maximum absolute atomic E-state index is 11.4. The average Bonchev–Trinajstić information content (AvgIpc) is 2.61. The summed E-state index contributed by atoms with van der Waals surface area (Å²) in [7, 11) is 1.65. The summed E-state index contributed by atoms with van der Waals surface area (Å²) >= 11 is 0. The number of carbonyl (C=O) groups is 1. The molecule has 0 aliphatic carbocycles. The summed E-state index contributed by atoms with van der Waals surface area (Å²) in [6.07, 6.45) is 2.34. The molecule has 1 aliphatic heterocycles. The number of rotatable bonds is 5. The second-order valence-corrected chi connectivity index (χ2v) is 5.70. The highest BCUT2D eigenvalue weighted by atomic mass is 16.6. The number of amides is 1. The molecule has 4 heteroatoms.